The van der Waals surface area contributed by atoms with E-state index in [1.165, 1.54) is 31.9 Å². The van der Waals surface area contributed by atoms with Gasteiger partial charge in [0.2, 0.25) is 5.95 Å². The van der Waals surface area contributed by atoms with Crippen molar-refractivity contribution in [2.24, 2.45) is 0 Å². The third kappa shape index (κ3) is 4.22. The number of hydrogen-bond donors (Lipinski definition) is 2. The fourth-order valence-electron chi connectivity index (χ4n) is 3.21. The van der Waals surface area contributed by atoms with Crippen LogP contribution in [0.5, 0.6) is 0 Å². The first-order valence-corrected chi connectivity index (χ1v) is 9.05. The summed E-state index contributed by atoms with van der Waals surface area (Å²) >= 11 is 0. The van der Waals surface area contributed by atoms with Crippen LogP contribution in [-0.4, -0.2) is 70.0 Å². The molecule has 12 heteroatoms. The zero-order valence-electron chi connectivity index (χ0n) is 16.5. The van der Waals surface area contributed by atoms with E-state index in [-0.39, 0.29) is 23.7 Å². The molecule has 0 aromatic carbocycles. The molecule has 29 heavy (non-hydrogen) atoms. The number of rotatable bonds is 7. The summed E-state index contributed by atoms with van der Waals surface area (Å²) in [5.41, 5.74) is -0.0197. The molecule has 3 heterocycles. The molecule has 2 aromatic heterocycles. The molecule has 0 bridgehead atoms. The molecule has 0 spiro atoms. The molecule has 2 aromatic rings. The maximum Gasteiger partial charge on any atom is 0.303 e. The number of anilines is 1. The average molecular weight is 409 g/mol. The van der Waals surface area contributed by atoms with Crippen LogP contribution in [0, 0.1) is 0 Å². The topological polar surface area (TPSA) is 147 Å². The van der Waals surface area contributed by atoms with Gasteiger partial charge in [0.1, 0.15) is 18.8 Å². The molecular weight excluding hydrogens is 386 g/mol. The molecule has 4 atom stereocenters. The maximum absolute atomic E-state index is 12.3. The lowest BCUT2D eigenvalue weighted by Crippen LogP contribution is -2.39. The minimum Gasteiger partial charge on any atom is -0.463 e. The predicted octanol–water partition coefficient (Wildman–Crippen LogP) is -0.0414. The molecule has 0 radical (unpaired) electrons. The van der Waals surface area contributed by atoms with E-state index in [1.54, 1.807) is 0 Å². The van der Waals surface area contributed by atoms with E-state index >= 15 is 0 Å². The number of hydrogen-bond acceptors (Lipinski definition) is 10. The summed E-state index contributed by atoms with van der Waals surface area (Å²) < 4.78 is 23.5. The van der Waals surface area contributed by atoms with E-state index in [2.05, 4.69) is 20.3 Å². The highest BCUT2D eigenvalue weighted by Crippen LogP contribution is 2.35. The summed E-state index contributed by atoms with van der Waals surface area (Å²) in [5.74, 6) is -0.746. The second kappa shape index (κ2) is 8.57. The zero-order valence-corrected chi connectivity index (χ0v) is 16.5. The van der Waals surface area contributed by atoms with Gasteiger partial charge in [-0.15, -0.1) is 0 Å². The van der Waals surface area contributed by atoms with Crippen molar-refractivity contribution in [3.63, 3.8) is 0 Å². The molecule has 1 fully saturated rings. The summed E-state index contributed by atoms with van der Waals surface area (Å²) in [6.07, 6.45) is -1.78. The molecule has 1 saturated heterocycles. The number of carbonyl (C=O) groups excluding carboxylic acids is 2. The van der Waals surface area contributed by atoms with Crippen LogP contribution in [0.4, 0.5) is 5.95 Å². The van der Waals surface area contributed by atoms with Crippen molar-refractivity contribution < 1.29 is 28.5 Å². The van der Waals surface area contributed by atoms with Gasteiger partial charge in [0.05, 0.1) is 6.33 Å². The normalized spacial score (nSPS) is 23.9. The third-order valence-corrected chi connectivity index (χ3v) is 4.36. The second-order valence-electron chi connectivity index (χ2n) is 6.41. The van der Waals surface area contributed by atoms with Crippen molar-refractivity contribution in [2.45, 2.75) is 45.3 Å². The first-order valence-electron chi connectivity index (χ1n) is 9.05. The molecule has 1 aliphatic rings. The molecule has 0 aliphatic carbocycles. The van der Waals surface area contributed by atoms with Gasteiger partial charge in [0, 0.05) is 27.5 Å². The van der Waals surface area contributed by atoms with Crippen LogP contribution in [0.2, 0.25) is 0 Å². The Bertz CT molecular complexity index is 955. The largest absolute Gasteiger partial charge is 0.463 e. The number of carbonyl (C=O) groups is 2. The van der Waals surface area contributed by atoms with Crippen LogP contribution in [0.25, 0.3) is 11.2 Å². The van der Waals surface area contributed by atoms with Crippen LogP contribution in [0.15, 0.2) is 11.1 Å². The minimum atomic E-state index is -0.838. The smallest absolute Gasteiger partial charge is 0.303 e. The Kier molecular flexibility index (Phi) is 6.13. The quantitative estimate of drug-likeness (QED) is 0.597. The van der Waals surface area contributed by atoms with Crippen molar-refractivity contribution in [3.05, 3.63) is 16.7 Å². The standard InChI is InChI=1S/C17H23N5O7/c1-5-18-17-20-14-11(15(25)21-17)19-7-22(14)16-13(26-4)12(28-9(3)24)10(29-16)6-27-8(2)23/h7,10,12-13,16H,5-6H2,1-4H3,(H2,18,20,21,25)/t10-,12?,13?,16-/m1/s1. The van der Waals surface area contributed by atoms with Gasteiger partial charge in [0.15, 0.2) is 23.5 Å². The number of ether oxygens (including phenoxy) is 4. The Hall–Kier alpha value is -2.99. The fraction of sp³-hybridized carbons (Fsp3) is 0.588. The number of aromatic nitrogens is 4. The number of nitrogens with zero attached hydrogens (tertiary/aromatic N) is 3. The van der Waals surface area contributed by atoms with Gasteiger partial charge in [-0.05, 0) is 6.92 Å². The van der Waals surface area contributed by atoms with Gasteiger partial charge < -0.3 is 24.3 Å². The Labute approximate surface area is 165 Å². The summed E-state index contributed by atoms with van der Waals surface area (Å²) in [6, 6.07) is 0. The molecule has 158 valence electrons. The monoisotopic (exact) mass is 409 g/mol. The number of nitrogens with one attached hydrogen (secondary N) is 2. The Balaban J connectivity index is 2.00. The highest BCUT2D eigenvalue weighted by atomic mass is 16.6. The van der Waals surface area contributed by atoms with E-state index in [4.69, 9.17) is 18.9 Å². The number of fused-ring (bicyclic) bond motifs is 1. The number of aromatic amines is 1. The van der Waals surface area contributed by atoms with E-state index in [0.29, 0.717) is 6.54 Å². The number of esters is 2. The zero-order chi connectivity index (χ0) is 21.1. The van der Waals surface area contributed by atoms with Crippen LogP contribution >= 0.6 is 0 Å². The number of methoxy groups -OCH3 is 1. The summed E-state index contributed by atoms with van der Waals surface area (Å²) in [4.78, 5) is 46.2. The van der Waals surface area contributed by atoms with E-state index in [1.807, 2.05) is 6.92 Å². The van der Waals surface area contributed by atoms with E-state index in [0.717, 1.165) is 0 Å². The lowest BCUT2D eigenvalue weighted by molar-refractivity contribution is -0.157. The first-order chi connectivity index (χ1) is 13.8. The first kappa shape index (κ1) is 20.7. The molecule has 1 aliphatic heterocycles. The third-order valence-electron chi connectivity index (χ3n) is 4.36. The summed E-state index contributed by atoms with van der Waals surface area (Å²) in [5, 5.41) is 2.94. The lowest BCUT2D eigenvalue weighted by Gasteiger charge is -2.22. The van der Waals surface area contributed by atoms with Crippen LogP contribution in [-0.2, 0) is 28.5 Å². The van der Waals surface area contributed by atoms with Crippen molar-refractivity contribution in [1.82, 2.24) is 19.5 Å². The number of H-pyrrole nitrogens is 1. The molecule has 2 unspecified atom stereocenters. The van der Waals surface area contributed by atoms with Crippen molar-refractivity contribution in [1.29, 1.82) is 0 Å². The summed E-state index contributed by atoms with van der Waals surface area (Å²) in [7, 11) is 1.44. The Morgan fingerprint density at radius 3 is 2.69 bits per heavy atom. The molecular formula is C17H23N5O7. The van der Waals surface area contributed by atoms with E-state index in [9.17, 15) is 14.4 Å². The Morgan fingerprint density at radius 1 is 1.31 bits per heavy atom. The molecule has 2 N–H and O–H groups in total. The lowest BCUT2D eigenvalue weighted by atomic mass is 10.1. The van der Waals surface area contributed by atoms with Gasteiger partial charge in [0.25, 0.3) is 5.56 Å². The van der Waals surface area contributed by atoms with Crippen molar-refractivity contribution >= 4 is 29.1 Å². The van der Waals surface area contributed by atoms with Crippen LogP contribution < -0.4 is 10.9 Å². The average Bonchev–Trinajstić information content (AvgIpc) is 3.21. The molecule has 0 amide bonds. The Morgan fingerprint density at radius 2 is 2.07 bits per heavy atom. The SMILES string of the molecule is CCNc1nc2c(ncn2[C@@H]2O[C@H](COC(C)=O)C(OC(C)=O)C2OC)c(=O)[nH]1. The minimum absolute atomic E-state index is 0.123. The van der Waals surface area contributed by atoms with Gasteiger partial charge in [-0.1, -0.05) is 0 Å². The van der Waals surface area contributed by atoms with Gasteiger partial charge in [-0.2, -0.15) is 4.98 Å². The number of imidazole rings is 1. The maximum atomic E-state index is 12.3. The highest BCUT2D eigenvalue weighted by Gasteiger charge is 2.49. The van der Waals surface area contributed by atoms with Crippen molar-refractivity contribution in [2.75, 3.05) is 25.6 Å². The highest BCUT2D eigenvalue weighted by molar-refractivity contribution is 5.71. The van der Waals surface area contributed by atoms with Crippen LogP contribution in [0.3, 0.4) is 0 Å². The van der Waals surface area contributed by atoms with Crippen molar-refractivity contribution in [3.8, 4) is 0 Å². The second-order valence-corrected chi connectivity index (χ2v) is 6.41. The van der Waals surface area contributed by atoms with Gasteiger partial charge >= 0.3 is 11.9 Å². The molecule has 3 rings (SSSR count). The molecule has 12 nitrogen and oxygen atoms in total. The summed E-state index contributed by atoms with van der Waals surface area (Å²) in [6.45, 7) is 4.82. The van der Waals surface area contributed by atoms with Gasteiger partial charge in [-0.25, -0.2) is 4.98 Å². The van der Waals surface area contributed by atoms with Gasteiger partial charge in [-0.3, -0.25) is 23.9 Å². The van der Waals surface area contributed by atoms with Crippen LogP contribution in [0.1, 0.15) is 27.0 Å². The predicted molar refractivity (Wildman–Crippen MR) is 99.2 cm³/mol. The molecule has 0 saturated carbocycles. The fourth-order valence-corrected chi connectivity index (χ4v) is 3.21. The van der Waals surface area contributed by atoms with E-state index < -0.39 is 42.0 Å².